The molecule has 8 nitrogen and oxygen atoms in total. The highest BCUT2D eigenvalue weighted by atomic mass is 35.5. The molecule has 3 aromatic rings. The number of pyridine rings is 1. The third-order valence-electron chi connectivity index (χ3n) is 6.35. The van der Waals surface area contributed by atoms with Crippen molar-refractivity contribution in [2.24, 2.45) is 5.73 Å². The summed E-state index contributed by atoms with van der Waals surface area (Å²) in [7, 11) is 0. The Balaban J connectivity index is 0.000000271. The Morgan fingerprint density at radius 3 is 2.40 bits per heavy atom. The Kier molecular flexibility index (Phi) is 8.84. The predicted octanol–water partition coefficient (Wildman–Crippen LogP) is 5.00. The maximum atomic E-state index is 10.5. The largest absolute Gasteiger partial charge is 0.490 e. The van der Waals surface area contributed by atoms with Crippen LogP contribution in [0.2, 0.25) is 5.15 Å². The van der Waals surface area contributed by atoms with Gasteiger partial charge >= 0.3 is 6.03 Å². The highest BCUT2D eigenvalue weighted by Gasteiger charge is 2.21. The number of carbonyl (C=O) groups excluding carboxylic acids is 1. The van der Waals surface area contributed by atoms with Crippen molar-refractivity contribution in [2.75, 3.05) is 32.8 Å². The summed E-state index contributed by atoms with van der Waals surface area (Å²) in [6, 6.07) is 11.8. The minimum Gasteiger partial charge on any atom is -0.490 e. The number of rotatable bonds is 5. The number of aromatic nitrogens is 2. The molecule has 2 aromatic heterocycles. The molecule has 0 spiro atoms. The number of urea groups is 1. The third kappa shape index (κ3) is 6.66. The number of fused-ring (bicyclic) bond motifs is 1. The van der Waals surface area contributed by atoms with Gasteiger partial charge in [0.2, 0.25) is 0 Å². The smallest absolute Gasteiger partial charge is 0.314 e. The second kappa shape index (κ2) is 12.2. The van der Waals surface area contributed by atoms with E-state index in [0.717, 1.165) is 81.0 Å². The fourth-order valence-electron chi connectivity index (χ4n) is 4.46. The molecule has 0 saturated carbocycles. The first-order chi connectivity index (χ1) is 17.0. The molecule has 1 aromatic carbocycles. The topological polar surface area (TPSA) is 85.3 Å². The minimum atomic E-state index is -0.269. The molecule has 0 aliphatic carbocycles. The second-order valence-corrected chi connectivity index (χ2v) is 9.13. The van der Waals surface area contributed by atoms with Crippen molar-refractivity contribution in [3.8, 4) is 16.9 Å². The molecule has 35 heavy (non-hydrogen) atoms. The summed E-state index contributed by atoms with van der Waals surface area (Å²) >= 11 is 6.53. The molecule has 0 unspecified atom stereocenters. The first kappa shape index (κ1) is 25.3. The molecule has 0 atom stereocenters. The number of carbonyl (C=O) groups is 1. The highest BCUT2D eigenvalue weighted by Crippen LogP contribution is 2.30. The molecule has 9 heteroatoms. The summed E-state index contributed by atoms with van der Waals surface area (Å²) in [6.45, 7) is 6.28. The fourth-order valence-corrected chi connectivity index (χ4v) is 4.77. The molecule has 188 valence electrons. The van der Waals surface area contributed by atoms with Crippen molar-refractivity contribution in [3.05, 3.63) is 53.9 Å². The maximum absolute atomic E-state index is 10.5. The van der Waals surface area contributed by atoms with Gasteiger partial charge in [0.1, 0.15) is 22.7 Å². The lowest BCUT2D eigenvalue weighted by molar-refractivity contribution is -0.173. The summed E-state index contributed by atoms with van der Waals surface area (Å²) in [5.41, 5.74) is 7.94. The van der Waals surface area contributed by atoms with Crippen LogP contribution in [0.1, 0.15) is 39.0 Å². The average molecular weight is 500 g/mol. The third-order valence-corrected chi connectivity index (χ3v) is 6.74. The number of benzene rings is 1. The van der Waals surface area contributed by atoms with Gasteiger partial charge in [0.15, 0.2) is 0 Å². The summed E-state index contributed by atoms with van der Waals surface area (Å²) in [6.07, 6.45) is 9.28. The van der Waals surface area contributed by atoms with Crippen LogP contribution in [-0.4, -0.2) is 64.3 Å². The molecular weight excluding hydrogens is 466 g/mol. The molecule has 2 aliphatic heterocycles. The van der Waals surface area contributed by atoms with Gasteiger partial charge in [-0.25, -0.2) is 9.78 Å². The number of nitrogens with two attached hydrogens (primary N) is 1. The van der Waals surface area contributed by atoms with E-state index in [1.54, 1.807) is 11.1 Å². The highest BCUT2D eigenvalue weighted by molar-refractivity contribution is 6.32. The number of hydroxylamine groups is 2. The number of hydrogen-bond donors (Lipinski definition) is 1. The van der Waals surface area contributed by atoms with Crippen LogP contribution in [0.3, 0.4) is 0 Å². The van der Waals surface area contributed by atoms with Gasteiger partial charge in [-0.1, -0.05) is 23.7 Å². The van der Waals surface area contributed by atoms with E-state index in [-0.39, 0.29) is 12.1 Å². The number of hydrogen-bond acceptors (Lipinski definition) is 5. The van der Waals surface area contributed by atoms with Gasteiger partial charge in [0.05, 0.1) is 6.61 Å². The zero-order valence-corrected chi connectivity index (χ0v) is 21.0. The summed E-state index contributed by atoms with van der Waals surface area (Å²) < 4.78 is 8.01. The van der Waals surface area contributed by atoms with Gasteiger partial charge in [-0.05, 0) is 68.9 Å². The molecule has 2 fully saturated rings. The zero-order chi connectivity index (χ0) is 24.6. The van der Waals surface area contributed by atoms with E-state index in [1.807, 2.05) is 46.8 Å². The van der Waals surface area contributed by atoms with Crippen LogP contribution in [0, 0.1) is 0 Å². The second-order valence-electron chi connectivity index (χ2n) is 8.77. The van der Waals surface area contributed by atoms with E-state index in [1.165, 1.54) is 6.42 Å². The number of primary amides is 1. The minimum absolute atomic E-state index is 0.239. The van der Waals surface area contributed by atoms with Crippen LogP contribution in [0.15, 0.2) is 48.8 Å². The van der Waals surface area contributed by atoms with Crippen LogP contribution in [0.4, 0.5) is 4.79 Å². The Morgan fingerprint density at radius 2 is 1.77 bits per heavy atom. The maximum Gasteiger partial charge on any atom is 0.314 e. The van der Waals surface area contributed by atoms with Gasteiger partial charge in [-0.3, -0.25) is 9.24 Å². The van der Waals surface area contributed by atoms with Gasteiger partial charge < -0.3 is 15.4 Å². The Hall–Kier alpha value is -2.81. The molecule has 0 radical (unpaired) electrons. The molecule has 2 N–H and O–H groups in total. The number of ether oxygens (including phenoxy) is 1. The lowest BCUT2D eigenvalue weighted by Gasteiger charge is -2.31. The van der Waals surface area contributed by atoms with E-state index in [9.17, 15) is 4.79 Å². The van der Waals surface area contributed by atoms with E-state index in [4.69, 9.17) is 26.9 Å². The quantitative estimate of drug-likeness (QED) is 0.499. The van der Waals surface area contributed by atoms with Crippen molar-refractivity contribution >= 4 is 23.3 Å². The van der Waals surface area contributed by atoms with Crippen LogP contribution in [0.5, 0.6) is 5.75 Å². The van der Waals surface area contributed by atoms with Gasteiger partial charge in [-0.15, -0.1) is 0 Å². The molecule has 2 amide bonds. The standard InChI is InChI=1S/C20H22ClN3O2.C6H12N2O/c1-2-25-23-12-9-17(10-13-23)26-16-5-3-15(4-6-16)18-7-8-19-22-11-14-24(19)20(18)21;7-6(9)8-4-2-1-3-5-8/h3-8,11,14,17H,2,9-10,12-13H2,1H3;1-5H2,(H2,7,9). The normalized spacial score (nSPS) is 17.1. The Bertz CT molecular complexity index is 1090. The summed E-state index contributed by atoms with van der Waals surface area (Å²) in [5.74, 6) is 0.892. The predicted molar refractivity (Wildman–Crippen MR) is 137 cm³/mol. The first-order valence-corrected chi connectivity index (χ1v) is 12.7. The fraction of sp³-hybridized carbons (Fsp3) is 0.462. The number of likely N-dealkylation sites (tertiary alicyclic amines) is 1. The van der Waals surface area contributed by atoms with E-state index in [0.29, 0.717) is 5.15 Å². The molecule has 5 rings (SSSR count). The van der Waals surface area contributed by atoms with Crippen molar-refractivity contribution in [1.29, 1.82) is 0 Å². The van der Waals surface area contributed by atoms with E-state index in [2.05, 4.69) is 17.1 Å². The lowest BCUT2D eigenvalue weighted by atomic mass is 10.1. The number of amides is 2. The first-order valence-electron chi connectivity index (χ1n) is 12.4. The molecular formula is C26H34ClN5O3. The molecule has 2 saturated heterocycles. The van der Waals surface area contributed by atoms with Crippen molar-refractivity contribution in [2.45, 2.75) is 45.1 Å². The number of imidazole rings is 1. The van der Waals surface area contributed by atoms with Crippen molar-refractivity contribution in [1.82, 2.24) is 19.3 Å². The van der Waals surface area contributed by atoms with Gasteiger partial charge in [-0.2, -0.15) is 5.06 Å². The molecule has 2 aliphatic rings. The molecule has 4 heterocycles. The van der Waals surface area contributed by atoms with E-state index >= 15 is 0 Å². The van der Waals surface area contributed by atoms with Crippen LogP contribution in [-0.2, 0) is 4.84 Å². The van der Waals surface area contributed by atoms with Crippen LogP contribution in [0.25, 0.3) is 16.8 Å². The van der Waals surface area contributed by atoms with Crippen LogP contribution < -0.4 is 10.5 Å². The Labute approximate surface area is 211 Å². The lowest BCUT2D eigenvalue weighted by Crippen LogP contribution is -2.39. The van der Waals surface area contributed by atoms with E-state index < -0.39 is 0 Å². The van der Waals surface area contributed by atoms with Gasteiger partial charge in [0, 0.05) is 44.1 Å². The summed E-state index contributed by atoms with van der Waals surface area (Å²) in [5, 5.41) is 2.69. The number of nitrogens with zero attached hydrogens (tertiary/aromatic N) is 4. The van der Waals surface area contributed by atoms with Crippen molar-refractivity contribution in [3.63, 3.8) is 0 Å². The van der Waals surface area contributed by atoms with Crippen LogP contribution >= 0.6 is 11.6 Å². The monoisotopic (exact) mass is 499 g/mol. The number of piperidine rings is 2. The zero-order valence-electron chi connectivity index (χ0n) is 20.2. The van der Waals surface area contributed by atoms with Gasteiger partial charge in [0.25, 0.3) is 0 Å². The van der Waals surface area contributed by atoms with Crippen molar-refractivity contribution < 1.29 is 14.4 Å². The average Bonchev–Trinajstić information content (AvgIpc) is 3.37. The number of halogens is 1. The Morgan fingerprint density at radius 1 is 1.06 bits per heavy atom. The summed E-state index contributed by atoms with van der Waals surface area (Å²) in [4.78, 5) is 22.0. The molecule has 0 bridgehead atoms. The SMILES string of the molecule is CCON1CCC(Oc2ccc(-c3ccc4nccn4c3Cl)cc2)CC1.NC(=O)N1CCCCC1.